The lowest BCUT2D eigenvalue weighted by molar-refractivity contribution is -0.152. The summed E-state index contributed by atoms with van der Waals surface area (Å²) in [6, 6.07) is 7.58. The first-order chi connectivity index (χ1) is 16.3. The monoisotopic (exact) mass is 510 g/mol. The molecule has 1 aliphatic carbocycles. The summed E-state index contributed by atoms with van der Waals surface area (Å²) in [7, 11) is -1.75. The van der Waals surface area contributed by atoms with Crippen LogP contribution < -0.4 is 10.6 Å². The number of methoxy groups -OCH3 is 2. The second-order valence-electron chi connectivity index (χ2n) is 9.69. The van der Waals surface area contributed by atoms with Gasteiger partial charge in [0.25, 0.3) is 0 Å². The van der Waals surface area contributed by atoms with Gasteiger partial charge in [0.1, 0.15) is 11.6 Å². The molecular formula is C23H30N2O9S. The van der Waals surface area contributed by atoms with E-state index in [1.54, 1.807) is 51.1 Å². The fourth-order valence-electron chi connectivity index (χ4n) is 4.61. The molecule has 0 radical (unpaired) electrons. The molecular weight excluding hydrogens is 480 g/mol. The highest BCUT2D eigenvalue weighted by Crippen LogP contribution is 2.58. The highest BCUT2D eigenvalue weighted by molar-refractivity contribution is 7.92. The molecule has 2 fully saturated rings. The van der Waals surface area contributed by atoms with E-state index in [9.17, 15) is 27.6 Å². The molecule has 2 aliphatic rings. The van der Waals surface area contributed by atoms with Gasteiger partial charge in [-0.1, -0.05) is 30.3 Å². The minimum Gasteiger partial charge on any atom is -0.469 e. The zero-order valence-corrected chi connectivity index (χ0v) is 21.0. The number of carbonyl (C=O) groups is 4. The van der Waals surface area contributed by atoms with Gasteiger partial charge in [0, 0.05) is 12.3 Å². The molecule has 1 saturated heterocycles. The van der Waals surface area contributed by atoms with Crippen LogP contribution in [0, 0.1) is 11.8 Å². The van der Waals surface area contributed by atoms with Gasteiger partial charge in [0.15, 0.2) is 15.4 Å². The number of esters is 2. The topological polar surface area (TPSA) is 154 Å². The molecule has 2 N–H and O–H groups in total. The van der Waals surface area contributed by atoms with Crippen LogP contribution in [-0.2, 0) is 44.9 Å². The fourth-order valence-corrected chi connectivity index (χ4v) is 7.30. The maximum Gasteiger partial charge on any atom is 0.408 e. The maximum atomic E-state index is 13.5. The Kier molecular flexibility index (Phi) is 7.16. The van der Waals surface area contributed by atoms with E-state index >= 15 is 0 Å². The molecule has 1 aromatic rings. The Balaban J connectivity index is 1.92. The van der Waals surface area contributed by atoms with Crippen molar-refractivity contribution in [2.24, 2.45) is 11.8 Å². The van der Waals surface area contributed by atoms with Gasteiger partial charge in [0.05, 0.1) is 31.1 Å². The van der Waals surface area contributed by atoms with Gasteiger partial charge < -0.3 is 24.8 Å². The molecule has 5 atom stereocenters. The third kappa shape index (κ3) is 5.42. The zero-order chi connectivity index (χ0) is 26.2. The van der Waals surface area contributed by atoms with Crippen molar-refractivity contribution in [3.05, 3.63) is 35.9 Å². The Morgan fingerprint density at radius 2 is 1.71 bits per heavy atom. The van der Waals surface area contributed by atoms with Crippen LogP contribution in [0.15, 0.2) is 30.3 Å². The summed E-state index contributed by atoms with van der Waals surface area (Å²) in [5, 5.41) is 3.85. The summed E-state index contributed by atoms with van der Waals surface area (Å²) < 4.78 is 40.4. The van der Waals surface area contributed by atoms with Crippen LogP contribution in [-0.4, -0.2) is 74.8 Å². The number of amides is 2. The first kappa shape index (κ1) is 26.5. The lowest BCUT2D eigenvalue weighted by atomic mass is 9.92. The zero-order valence-electron chi connectivity index (χ0n) is 20.2. The second kappa shape index (κ2) is 9.48. The third-order valence-corrected chi connectivity index (χ3v) is 8.30. The van der Waals surface area contributed by atoms with Crippen molar-refractivity contribution in [2.45, 2.75) is 49.6 Å². The average Bonchev–Trinajstić information content (AvgIpc) is 3.49. The van der Waals surface area contributed by atoms with Crippen LogP contribution in [0.4, 0.5) is 4.79 Å². The minimum absolute atomic E-state index is 0.0322. The molecule has 0 spiro atoms. The summed E-state index contributed by atoms with van der Waals surface area (Å²) in [5.74, 6) is -5.50. The number of carbonyl (C=O) groups excluding carboxylic acids is 4. The van der Waals surface area contributed by atoms with Gasteiger partial charge in [-0.25, -0.2) is 18.0 Å². The lowest BCUT2D eigenvalue weighted by Crippen LogP contribution is -2.63. The molecule has 1 heterocycles. The SMILES string of the molecule is COC(=O)[C@@H]1[C@@H]2[C@H]1S(=O)(=O)C[C@@]2(NC(=O)[C@@H](Cc1ccccc1)NC(=O)OC(C)(C)C)C(=O)OC. The van der Waals surface area contributed by atoms with Crippen LogP contribution >= 0.6 is 0 Å². The normalized spacial score (nSPS) is 27.1. The highest BCUT2D eigenvalue weighted by atomic mass is 32.2. The first-order valence-electron chi connectivity index (χ1n) is 11.0. The van der Waals surface area contributed by atoms with Crippen molar-refractivity contribution in [2.75, 3.05) is 20.0 Å². The third-order valence-electron chi connectivity index (χ3n) is 6.03. The van der Waals surface area contributed by atoms with Crippen LogP contribution in [0.3, 0.4) is 0 Å². The van der Waals surface area contributed by atoms with Gasteiger partial charge >= 0.3 is 18.0 Å². The quantitative estimate of drug-likeness (QED) is 0.391. The predicted octanol–water partition coefficient (Wildman–Crippen LogP) is 0.366. The Morgan fingerprint density at radius 1 is 1.09 bits per heavy atom. The summed E-state index contributed by atoms with van der Waals surface area (Å²) in [6.45, 7) is 4.98. The summed E-state index contributed by atoms with van der Waals surface area (Å²) in [6.07, 6.45) is -0.832. The Bertz CT molecular complexity index is 1110. The molecule has 12 heteroatoms. The average molecular weight is 511 g/mol. The van der Waals surface area contributed by atoms with Crippen LogP contribution in [0.5, 0.6) is 0 Å². The van der Waals surface area contributed by atoms with E-state index in [2.05, 4.69) is 10.6 Å². The van der Waals surface area contributed by atoms with E-state index in [1.165, 1.54) is 0 Å². The van der Waals surface area contributed by atoms with E-state index in [-0.39, 0.29) is 6.42 Å². The van der Waals surface area contributed by atoms with Crippen LogP contribution in [0.1, 0.15) is 26.3 Å². The summed E-state index contributed by atoms with van der Waals surface area (Å²) in [5.41, 5.74) is -2.13. The van der Waals surface area contributed by atoms with Crippen molar-refractivity contribution in [1.82, 2.24) is 10.6 Å². The van der Waals surface area contributed by atoms with Crippen molar-refractivity contribution >= 4 is 33.8 Å². The van der Waals surface area contributed by atoms with Gasteiger partial charge in [0.2, 0.25) is 5.91 Å². The Hall–Kier alpha value is -3.15. The van der Waals surface area contributed by atoms with Gasteiger partial charge in [-0.2, -0.15) is 0 Å². The Morgan fingerprint density at radius 3 is 2.26 bits per heavy atom. The molecule has 1 saturated carbocycles. The van der Waals surface area contributed by atoms with Crippen molar-refractivity contribution < 1.29 is 41.8 Å². The summed E-state index contributed by atoms with van der Waals surface area (Å²) >= 11 is 0. The molecule has 11 nitrogen and oxygen atoms in total. The second-order valence-corrected chi connectivity index (χ2v) is 11.8. The standard InChI is InChI=1S/C23H30N2O9S/c1-22(2,3)34-21(29)24-14(11-13-9-7-6-8-10-13)18(26)25-23(20(28)33-5)12-35(30,31)17-15(16(17)23)19(27)32-4/h6-10,14-17H,11-12H2,1-5H3,(H,24,29)(H,25,26)/t14-,15-,16-,17+,23+/m1/s1. The molecule has 1 aromatic carbocycles. The highest BCUT2D eigenvalue weighted by Gasteiger charge is 2.79. The van der Waals surface area contributed by atoms with E-state index in [4.69, 9.17) is 14.2 Å². The van der Waals surface area contributed by atoms with Crippen molar-refractivity contribution in [3.63, 3.8) is 0 Å². The first-order valence-corrected chi connectivity index (χ1v) is 12.7. The van der Waals surface area contributed by atoms with E-state index in [0.29, 0.717) is 5.56 Å². The molecule has 35 heavy (non-hydrogen) atoms. The maximum absolute atomic E-state index is 13.5. The van der Waals surface area contributed by atoms with Crippen molar-refractivity contribution in [3.8, 4) is 0 Å². The van der Waals surface area contributed by atoms with E-state index in [0.717, 1.165) is 14.2 Å². The number of sulfone groups is 1. The van der Waals surface area contributed by atoms with Crippen LogP contribution in [0.2, 0.25) is 0 Å². The van der Waals surface area contributed by atoms with Crippen molar-refractivity contribution in [1.29, 1.82) is 0 Å². The summed E-state index contributed by atoms with van der Waals surface area (Å²) in [4.78, 5) is 51.0. The minimum atomic E-state index is -3.92. The molecule has 0 unspecified atom stereocenters. The number of alkyl carbamates (subject to hydrolysis) is 1. The van der Waals surface area contributed by atoms with E-state index < -0.39 is 73.8 Å². The largest absolute Gasteiger partial charge is 0.469 e. The predicted molar refractivity (Wildman–Crippen MR) is 123 cm³/mol. The number of hydrogen-bond acceptors (Lipinski definition) is 9. The molecule has 1 aliphatic heterocycles. The molecule has 0 bridgehead atoms. The number of benzene rings is 1. The van der Waals surface area contributed by atoms with Gasteiger partial charge in [-0.3, -0.25) is 9.59 Å². The van der Waals surface area contributed by atoms with Gasteiger partial charge in [-0.05, 0) is 26.3 Å². The number of rotatable bonds is 7. The van der Waals surface area contributed by atoms with Crippen LogP contribution in [0.25, 0.3) is 0 Å². The molecule has 0 aromatic heterocycles. The van der Waals surface area contributed by atoms with Gasteiger partial charge in [-0.15, -0.1) is 0 Å². The smallest absolute Gasteiger partial charge is 0.408 e. The fraction of sp³-hybridized carbons (Fsp3) is 0.565. The number of hydrogen-bond donors (Lipinski definition) is 2. The Labute approximate surface area is 203 Å². The molecule has 3 rings (SSSR count). The number of nitrogens with one attached hydrogen (secondary N) is 2. The van der Waals surface area contributed by atoms with E-state index in [1.807, 2.05) is 0 Å². The molecule has 2 amide bonds. The number of fused-ring (bicyclic) bond motifs is 1. The lowest BCUT2D eigenvalue weighted by Gasteiger charge is -2.31. The molecule has 192 valence electrons. The number of ether oxygens (including phenoxy) is 3.